The number of nitrogens with zero attached hydrogens (tertiary/aromatic N) is 1. The van der Waals surface area contributed by atoms with Crippen LogP contribution in [-0.2, 0) is 14.4 Å². The highest BCUT2D eigenvalue weighted by Gasteiger charge is 2.25. The van der Waals surface area contributed by atoms with Gasteiger partial charge in [-0.15, -0.1) is 0 Å². The van der Waals surface area contributed by atoms with Gasteiger partial charge in [0.1, 0.15) is 11.9 Å². The molecule has 3 aromatic rings. The lowest BCUT2D eigenvalue weighted by Crippen LogP contribution is -2.48. The Bertz CT molecular complexity index is 1170. The maximum Gasteiger partial charge on any atom is 0.305 e. The van der Waals surface area contributed by atoms with E-state index in [1.54, 1.807) is 6.20 Å². The summed E-state index contributed by atoms with van der Waals surface area (Å²) in [5, 5.41) is 18.3. The number of hydrogen-bond acceptors (Lipinski definition) is 6. The summed E-state index contributed by atoms with van der Waals surface area (Å²) in [5.74, 6) is -0.903. The minimum atomic E-state index is -1.03. The van der Waals surface area contributed by atoms with Gasteiger partial charge in [0.15, 0.2) is 0 Å². The number of benzene rings is 2. The number of carboxylic acids is 1. The molecular weight excluding hydrogens is 494 g/mol. The zero-order valence-corrected chi connectivity index (χ0v) is 22.0. The van der Waals surface area contributed by atoms with Crippen LogP contribution in [-0.4, -0.2) is 47.0 Å². The van der Waals surface area contributed by atoms with Crippen molar-refractivity contribution in [2.75, 3.05) is 18.4 Å². The predicted octanol–water partition coefficient (Wildman–Crippen LogP) is 3.89. The zero-order chi connectivity index (χ0) is 27.9. The molecule has 0 aliphatic rings. The maximum atomic E-state index is 13.2. The normalized spacial score (nSPS) is 12.2. The Hall–Kier alpha value is -4.24. The number of carbonyl (C=O) groups excluding carboxylic acids is 2. The van der Waals surface area contributed by atoms with E-state index in [2.05, 4.69) is 20.9 Å². The van der Waals surface area contributed by atoms with Crippen molar-refractivity contribution in [1.82, 2.24) is 15.6 Å². The van der Waals surface area contributed by atoms with E-state index in [4.69, 9.17) is 5.73 Å². The second-order valence-electron chi connectivity index (χ2n) is 9.30. The number of anilines is 1. The molecule has 0 saturated carbocycles. The van der Waals surface area contributed by atoms with Gasteiger partial charge in [-0.1, -0.05) is 60.7 Å². The van der Waals surface area contributed by atoms with Crippen molar-refractivity contribution >= 4 is 23.6 Å². The third-order valence-electron chi connectivity index (χ3n) is 6.27. The van der Waals surface area contributed by atoms with Crippen LogP contribution in [0.25, 0.3) is 11.1 Å². The number of nitrogens with two attached hydrogens (primary N) is 1. The van der Waals surface area contributed by atoms with E-state index in [0.29, 0.717) is 37.9 Å². The van der Waals surface area contributed by atoms with Gasteiger partial charge in [0.25, 0.3) is 0 Å². The molecule has 3 rings (SSSR count). The van der Waals surface area contributed by atoms with E-state index in [-0.39, 0.29) is 18.7 Å². The Morgan fingerprint density at radius 2 is 1.56 bits per heavy atom. The van der Waals surface area contributed by atoms with E-state index in [9.17, 15) is 19.5 Å². The van der Waals surface area contributed by atoms with E-state index < -0.39 is 24.0 Å². The predicted molar refractivity (Wildman–Crippen MR) is 152 cm³/mol. The lowest BCUT2D eigenvalue weighted by Gasteiger charge is -2.23. The largest absolute Gasteiger partial charge is 0.481 e. The van der Waals surface area contributed by atoms with E-state index in [1.165, 1.54) is 0 Å². The van der Waals surface area contributed by atoms with Crippen molar-refractivity contribution in [3.63, 3.8) is 0 Å². The van der Waals surface area contributed by atoms with Gasteiger partial charge in [0.05, 0.1) is 12.5 Å². The molecule has 0 aliphatic carbocycles. The quantitative estimate of drug-likeness (QED) is 0.176. The van der Waals surface area contributed by atoms with Crippen LogP contribution in [0.4, 0.5) is 5.82 Å². The minimum Gasteiger partial charge on any atom is -0.481 e. The van der Waals surface area contributed by atoms with Crippen LogP contribution in [0.15, 0.2) is 79.0 Å². The molecule has 9 heteroatoms. The van der Waals surface area contributed by atoms with Crippen LogP contribution in [0.2, 0.25) is 0 Å². The Morgan fingerprint density at radius 3 is 2.23 bits per heavy atom. The number of carbonyl (C=O) groups is 3. The number of nitrogens with one attached hydrogen (secondary N) is 3. The maximum absolute atomic E-state index is 13.2. The summed E-state index contributed by atoms with van der Waals surface area (Å²) in [5.41, 5.74) is 8.36. The van der Waals surface area contributed by atoms with Crippen LogP contribution >= 0.6 is 0 Å². The first-order valence-corrected chi connectivity index (χ1v) is 13.3. The average Bonchev–Trinajstić information content (AvgIpc) is 2.95. The highest BCUT2D eigenvalue weighted by atomic mass is 16.4. The second-order valence-corrected chi connectivity index (χ2v) is 9.30. The average molecular weight is 532 g/mol. The monoisotopic (exact) mass is 531 g/mol. The van der Waals surface area contributed by atoms with Gasteiger partial charge in [-0.25, -0.2) is 4.98 Å². The van der Waals surface area contributed by atoms with Crippen LogP contribution < -0.4 is 21.7 Å². The summed E-state index contributed by atoms with van der Waals surface area (Å²) in [6.45, 7) is 1.06. The molecule has 1 aromatic heterocycles. The molecule has 0 saturated heterocycles. The summed E-state index contributed by atoms with van der Waals surface area (Å²) in [6, 6.07) is 21.4. The van der Waals surface area contributed by atoms with Crippen molar-refractivity contribution in [2.45, 2.75) is 50.6 Å². The fourth-order valence-electron chi connectivity index (χ4n) is 4.19. The lowest BCUT2D eigenvalue weighted by molar-refractivity contribution is -0.138. The molecule has 0 bridgehead atoms. The molecule has 2 atom stereocenters. The molecule has 6 N–H and O–H groups in total. The Balaban J connectivity index is 1.56. The standard InChI is InChI=1S/C30H37N5O4/c31-18-8-11-25(34-28(36)13-5-7-20-33-27-12-4-6-19-32-27)30(39)35-26(21-29(37)38)24-16-14-23(15-17-24)22-9-2-1-3-10-22/h1-4,6,9-10,12,14-17,19,25-26H,5,7-8,11,13,18,20-21,31H2,(H,32,33)(H,34,36)(H,35,39)(H,37,38)/t25-,26?/m0/s1. The molecule has 2 amide bonds. The van der Waals surface area contributed by atoms with Crippen LogP contribution in [0.3, 0.4) is 0 Å². The Morgan fingerprint density at radius 1 is 0.846 bits per heavy atom. The number of aliphatic carboxylic acids is 1. The topological polar surface area (TPSA) is 146 Å². The zero-order valence-electron chi connectivity index (χ0n) is 22.0. The highest BCUT2D eigenvalue weighted by molar-refractivity contribution is 5.88. The minimum absolute atomic E-state index is 0.230. The number of pyridine rings is 1. The van der Waals surface area contributed by atoms with Gasteiger partial charge < -0.3 is 26.8 Å². The highest BCUT2D eigenvalue weighted by Crippen LogP contribution is 2.23. The van der Waals surface area contributed by atoms with Crippen molar-refractivity contribution in [3.8, 4) is 11.1 Å². The number of aromatic nitrogens is 1. The first-order valence-electron chi connectivity index (χ1n) is 13.3. The molecule has 0 fully saturated rings. The smallest absolute Gasteiger partial charge is 0.305 e. The Labute approximate surface area is 229 Å². The molecule has 1 heterocycles. The van der Waals surface area contributed by atoms with Gasteiger partial charge in [-0.2, -0.15) is 0 Å². The first-order chi connectivity index (χ1) is 19.0. The molecule has 1 unspecified atom stereocenters. The van der Waals surface area contributed by atoms with Crippen molar-refractivity contribution < 1.29 is 19.5 Å². The fourth-order valence-corrected chi connectivity index (χ4v) is 4.19. The van der Waals surface area contributed by atoms with Gasteiger partial charge in [0, 0.05) is 19.2 Å². The van der Waals surface area contributed by atoms with Crippen LogP contribution in [0, 0.1) is 0 Å². The molecular formula is C30H37N5O4. The molecule has 39 heavy (non-hydrogen) atoms. The Kier molecular flexibility index (Phi) is 11.9. The van der Waals surface area contributed by atoms with Gasteiger partial charge in [-0.05, 0) is 61.1 Å². The number of rotatable bonds is 16. The van der Waals surface area contributed by atoms with Crippen LogP contribution in [0.1, 0.15) is 50.1 Å². The molecule has 0 spiro atoms. The summed E-state index contributed by atoms with van der Waals surface area (Å²) in [7, 11) is 0. The van der Waals surface area contributed by atoms with E-state index >= 15 is 0 Å². The summed E-state index contributed by atoms with van der Waals surface area (Å²) < 4.78 is 0. The third-order valence-corrected chi connectivity index (χ3v) is 6.27. The molecule has 2 aromatic carbocycles. The number of unbranched alkanes of at least 4 members (excludes halogenated alkanes) is 1. The number of hydrogen-bond donors (Lipinski definition) is 5. The second kappa shape index (κ2) is 15.9. The summed E-state index contributed by atoms with van der Waals surface area (Å²) >= 11 is 0. The lowest BCUT2D eigenvalue weighted by atomic mass is 9.98. The van der Waals surface area contributed by atoms with Gasteiger partial charge >= 0.3 is 5.97 Å². The molecule has 0 radical (unpaired) electrons. The molecule has 0 aliphatic heterocycles. The number of carboxylic acid groups (broad SMARTS) is 1. The van der Waals surface area contributed by atoms with Crippen LogP contribution in [0.5, 0.6) is 0 Å². The molecule has 9 nitrogen and oxygen atoms in total. The van der Waals surface area contributed by atoms with E-state index in [1.807, 2.05) is 72.8 Å². The molecule has 206 valence electrons. The summed E-state index contributed by atoms with van der Waals surface area (Å²) in [4.78, 5) is 41.6. The van der Waals surface area contributed by atoms with Gasteiger partial charge in [-0.3, -0.25) is 14.4 Å². The van der Waals surface area contributed by atoms with Crippen molar-refractivity contribution in [1.29, 1.82) is 0 Å². The summed E-state index contributed by atoms with van der Waals surface area (Å²) in [6.07, 6.45) is 4.02. The SMILES string of the molecule is NCCC[C@H](NC(=O)CCCCNc1ccccn1)C(=O)NC(CC(=O)O)c1ccc(-c2ccccc2)cc1. The van der Waals surface area contributed by atoms with Crippen molar-refractivity contribution in [2.24, 2.45) is 5.73 Å². The fraction of sp³-hybridized carbons (Fsp3) is 0.333. The number of amides is 2. The first kappa shape index (κ1) is 29.3. The van der Waals surface area contributed by atoms with E-state index in [0.717, 1.165) is 23.4 Å². The van der Waals surface area contributed by atoms with Gasteiger partial charge in [0.2, 0.25) is 11.8 Å². The third kappa shape index (κ3) is 10.2. The van der Waals surface area contributed by atoms with Crippen molar-refractivity contribution in [3.05, 3.63) is 84.6 Å².